The quantitative estimate of drug-likeness (QED) is 0.277. The molecule has 14 atom stereocenters. The van der Waals surface area contributed by atoms with Crippen molar-refractivity contribution in [1.29, 1.82) is 0 Å². The number of carbonyl (C=O) groups is 4. The molecule has 336 valence electrons. The Morgan fingerprint density at radius 2 is 1.16 bits per heavy atom. The van der Waals surface area contributed by atoms with Crippen LogP contribution in [0.1, 0.15) is 175 Å². The number of Topliss-reactive ketones (excluding diaryl/α,β-unsaturated/α-hetero) is 2. The molecule has 7 nitrogen and oxygen atoms in total. The Balaban J connectivity index is 0.996. The lowest BCUT2D eigenvalue weighted by Gasteiger charge is -2.69. The zero-order chi connectivity index (χ0) is 45.2. The molecule has 0 bridgehead atoms. The molecule has 0 spiro atoms. The number of hydrogen-bond acceptors (Lipinski definition) is 7. The highest BCUT2D eigenvalue weighted by atomic mass is 16.7. The Bertz CT molecular complexity index is 2540. The van der Waals surface area contributed by atoms with E-state index >= 15 is 0 Å². The van der Waals surface area contributed by atoms with Gasteiger partial charge in [-0.2, -0.15) is 0 Å². The summed E-state index contributed by atoms with van der Waals surface area (Å²) in [4.78, 5) is 55.6. The number of rotatable bonds is 0. The molecule has 1 aromatic carbocycles. The highest BCUT2D eigenvalue weighted by Gasteiger charge is 2.72. The molecule has 7 heteroatoms. The van der Waals surface area contributed by atoms with Crippen molar-refractivity contribution in [2.24, 2.45) is 61.6 Å². The fourth-order valence-corrected chi connectivity index (χ4v) is 17.9. The Morgan fingerprint density at radius 3 is 1.73 bits per heavy atom. The van der Waals surface area contributed by atoms with E-state index < -0.39 is 28.0 Å². The zero-order valence-electron chi connectivity index (χ0n) is 40.1. The molecule has 9 aliphatic carbocycles. The molecular weight excluding hydrogens is 785 g/mol. The molecule has 0 radical (unpaired) electrons. The topological polar surface area (TPSA) is 107 Å². The summed E-state index contributed by atoms with van der Waals surface area (Å²) in [5.41, 5.74) is 3.27. The Morgan fingerprint density at radius 1 is 0.619 bits per heavy atom. The molecule has 6 saturated carbocycles. The fourth-order valence-electron chi connectivity index (χ4n) is 17.9. The van der Waals surface area contributed by atoms with Crippen molar-refractivity contribution in [3.63, 3.8) is 0 Å². The lowest BCUT2D eigenvalue weighted by molar-refractivity contribution is -0.231. The second kappa shape index (κ2) is 12.1. The van der Waals surface area contributed by atoms with Crippen LogP contribution in [0.3, 0.4) is 0 Å². The van der Waals surface area contributed by atoms with Gasteiger partial charge < -0.3 is 14.6 Å². The van der Waals surface area contributed by atoms with Gasteiger partial charge in [0.05, 0.1) is 0 Å². The maximum Gasteiger partial charge on any atom is 0.317 e. The molecule has 1 aromatic rings. The molecule has 63 heavy (non-hydrogen) atoms. The first-order valence-electron chi connectivity index (χ1n) is 24.5. The van der Waals surface area contributed by atoms with Crippen LogP contribution >= 0.6 is 0 Å². The highest BCUT2D eigenvalue weighted by Crippen LogP contribution is 2.77. The minimum atomic E-state index is -2.35. The number of aliphatic hydroxyl groups is 1. The summed E-state index contributed by atoms with van der Waals surface area (Å²) in [5.74, 6) is -0.543. The van der Waals surface area contributed by atoms with E-state index in [1.807, 2.05) is 26.0 Å². The van der Waals surface area contributed by atoms with E-state index in [1.165, 1.54) is 11.1 Å². The van der Waals surface area contributed by atoms with Gasteiger partial charge in [0.1, 0.15) is 11.6 Å². The van der Waals surface area contributed by atoms with Crippen LogP contribution < -0.4 is 9.47 Å². The summed E-state index contributed by atoms with van der Waals surface area (Å²) in [6.45, 7) is 27.0. The molecule has 1 aliphatic heterocycles. The molecule has 10 aliphatic rings. The third kappa shape index (κ3) is 4.63. The van der Waals surface area contributed by atoms with Crippen molar-refractivity contribution in [3.05, 3.63) is 69.4 Å². The number of fused-ring (bicyclic) bond motifs is 17. The van der Waals surface area contributed by atoms with Crippen LogP contribution in [-0.4, -0.2) is 39.6 Å². The first-order chi connectivity index (χ1) is 29.2. The predicted octanol–water partition coefficient (Wildman–Crippen LogP) is 11.4. The van der Waals surface area contributed by atoms with Gasteiger partial charge in [0.2, 0.25) is 11.4 Å². The average molecular weight is 855 g/mol. The molecule has 0 amide bonds. The zero-order valence-corrected chi connectivity index (χ0v) is 40.1. The first kappa shape index (κ1) is 42.1. The van der Waals surface area contributed by atoms with E-state index in [0.29, 0.717) is 53.1 Å². The first-order valence-corrected chi connectivity index (χ1v) is 24.5. The number of allylic oxidation sites excluding steroid dienone is 5. The van der Waals surface area contributed by atoms with E-state index in [-0.39, 0.29) is 55.9 Å². The van der Waals surface area contributed by atoms with Gasteiger partial charge in [0, 0.05) is 52.2 Å². The molecule has 1 heterocycles. The van der Waals surface area contributed by atoms with Gasteiger partial charge in [0.15, 0.2) is 17.3 Å². The van der Waals surface area contributed by atoms with Crippen molar-refractivity contribution in [2.75, 3.05) is 0 Å². The predicted molar refractivity (Wildman–Crippen MR) is 242 cm³/mol. The highest BCUT2D eigenvalue weighted by molar-refractivity contribution is 6.10. The van der Waals surface area contributed by atoms with Crippen molar-refractivity contribution < 1.29 is 33.8 Å². The van der Waals surface area contributed by atoms with Crippen LogP contribution in [0.15, 0.2) is 52.7 Å². The summed E-state index contributed by atoms with van der Waals surface area (Å²) in [6.07, 6.45) is 18.6. The van der Waals surface area contributed by atoms with Gasteiger partial charge in [-0.15, -0.1) is 0 Å². The maximum absolute atomic E-state index is 14.7. The molecule has 1 N–H and O–H groups in total. The molecular formula is C56H70O7. The summed E-state index contributed by atoms with van der Waals surface area (Å²) >= 11 is 0. The van der Waals surface area contributed by atoms with Crippen molar-refractivity contribution in [2.45, 2.75) is 177 Å². The van der Waals surface area contributed by atoms with E-state index in [1.54, 1.807) is 6.08 Å². The minimum Gasteiger partial charge on any atom is -0.471 e. The van der Waals surface area contributed by atoms with Crippen LogP contribution in [0, 0.1) is 68.5 Å². The second-order valence-corrected chi connectivity index (χ2v) is 25.3. The normalized spacial score (nSPS) is 50.3. The van der Waals surface area contributed by atoms with E-state index in [9.17, 15) is 24.3 Å². The van der Waals surface area contributed by atoms with Crippen LogP contribution in [0.5, 0.6) is 11.5 Å². The smallest absolute Gasteiger partial charge is 0.317 e. The van der Waals surface area contributed by atoms with E-state index in [0.717, 1.165) is 80.9 Å². The second-order valence-electron chi connectivity index (χ2n) is 25.3. The van der Waals surface area contributed by atoms with Crippen LogP contribution in [0.2, 0.25) is 0 Å². The molecule has 0 unspecified atom stereocenters. The van der Waals surface area contributed by atoms with Gasteiger partial charge >= 0.3 is 5.79 Å². The van der Waals surface area contributed by atoms with Crippen molar-refractivity contribution in [3.8, 4) is 11.5 Å². The number of ketones is 4. The minimum absolute atomic E-state index is 0.00928. The number of hydrogen-bond donors (Lipinski definition) is 1. The lowest BCUT2D eigenvalue weighted by atomic mass is 9.35. The largest absolute Gasteiger partial charge is 0.471 e. The fraction of sp³-hybridized carbons (Fsp3) is 0.679. The Hall–Kier alpha value is -3.58. The lowest BCUT2D eigenvalue weighted by Crippen LogP contribution is -2.70. The van der Waals surface area contributed by atoms with Crippen LogP contribution in [-0.2, 0) is 19.8 Å². The number of benzene rings is 1. The van der Waals surface area contributed by atoms with Gasteiger partial charge in [-0.25, -0.2) is 0 Å². The molecule has 0 aromatic heterocycles. The molecule has 11 rings (SSSR count). The Labute approximate surface area is 375 Å². The summed E-state index contributed by atoms with van der Waals surface area (Å²) in [7, 11) is 0. The third-order valence-corrected chi connectivity index (χ3v) is 22.5. The van der Waals surface area contributed by atoms with Gasteiger partial charge in [-0.1, -0.05) is 87.0 Å². The average Bonchev–Trinajstić information content (AvgIpc) is 3.21. The van der Waals surface area contributed by atoms with Gasteiger partial charge in [0.25, 0.3) is 0 Å². The number of ether oxygens (including phenoxy) is 2. The third-order valence-electron chi connectivity index (χ3n) is 22.5. The monoisotopic (exact) mass is 855 g/mol. The summed E-state index contributed by atoms with van der Waals surface area (Å²) in [5, 5.41) is 12.7. The Kier molecular flexibility index (Phi) is 8.05. The molecule has 6 fully saturated rings. The summed E-state index contributed by atoms with van der Waals surface area (Å²) in [6, 6.07) is 2.02. The SMILES string of the molecule is Cc1c2c(cc3c1C(=O)C=C1[C@@]3(C)CC[C@@]3(C)[C@@H]4C[C@@H](C)C(=O)C[C@]4(C)CC[C@]13C)O[C@]1(C)C3=CC=C4[C@@](C)(CC[C@@]5(C)[C@@H]6C[C@@H](C)C(=O)C[C@]6(C)CC[C@]45C)C3=CC(=O)[C@]1(O)O2. The molecule has 0 saturated heterocycles. The van der Waals surface area contributed by atoms with E-state index in [4.69, 9.17) is 9.47 Å². The van der Waals surface area contributed by atoms with Crippen molar-refractivity contribution in [1.82, 2.24) is 0 Å². The van der Waals surface area contributed by atoms with E-state index in [2.05, 4.69) is 81.4 Å². The van der Waals surface area contributed by atoms with Gasteiger partial charge in [-0.3, -0.25) is 19.2 Å². The van der Waals surface area contributed by atoms with Crippen LogP contribution in [0.25, 0.3) is 0 Å². The van der Waals surface area contributed by atoms with Crippen molar-refractivity contribution >= 4 is 23.1 Å². The van der Waals surface area contributed by atoms with Gasteiger partial charge in [-0.05, 0) is 157 Å². The number of carbonyl (C=O) groups excluding carboxylic acids is 4. The van der Waals surface area contributed by atoms with Crippen LogP contribution in [0.4, 0.5) is 0 Å². The standard InChI is InChI=1S/C56H70O7/c1-30-23-41-47(4,28-37(30)58)15-19-51(8)40-14-13-33-34(49(40,6)17-21-52(41,51)9)26-44(60)56(61)55(33,12)62-39-25-35-45(32(3)46(39)63-56)36(57)27-43-50(35,7)18-22-53(10)42-24-31(2)38(59)29-48(42,5)16-20-54(43,53)11/h13-14,25-27,30-31,41-42,61H,15-24,28-29H2,1-12H3/t30-,31-,41-,42-,47+,48+,49+,50+,51-,52+,53+,54-,55-,56+/m1/s1. The summed E-state index contributed by atoms with van der Waals surface area (Å²) < 4.78 is 13.8. The maximum atomic E-state index is 14.7.